The smallest absolute Gasteiger partial charge is 0.317 e. The van der Waals surface area contributed by atoms with Gasteiger partial charge in [-0.3, -0.25) is 9.48 Å². The number of likely N-dealkylation sites (tertiary alicyclic amines) is 1. The molecular formula is C17H29N5O2. The van der Waals surface area contributed by atoms with Crippen LogP contribution in [0.4, 0.5) is 4.79 Å². The van der Waals surface area contributed by atoms with Crippen molar-refractivity contribution in [2.24, 2.45) is 17.6 Å². The van der Waals surface area contributed by atoms with Crippen molar-refractivity contribution in [3.63, 3.8) is 0 Å². The van der Waals surface area contributed by atoms with Gasteiger partial charge in [-0.2, -0.15) is 5.10 Å². The number of aromatic nitrogens is 2. The Labute approximate surface area is 143 Å². The van der Waals surface area contributed by atoms with E-state index in [9.17, 15) is 9.59 Å². The zero-order chi connectivity index (χ0) is 17.7. The minimum atomic E-state index is -0.254. The molecule has 3 N–H and O–H groups in total. The summed E-state index contributed by atoms with van der Waals surface area (Å²) in [6.45, 7) is 8.93. The average molecular weight is 335 g/mol. The van der Waals surface area contributed by atoms with Crippen molar-refractivity contribution >= 4 is 11.9 Å². The first-order chi connectivity index (χ1) is 11.3. The zero-order valence-electron chi connectivity index (χ0n) is 14.9. The molecule has 0 aliphatic carbocycles. The highest BCUT2D eigenvalue weighted by Gasteiger charge is 2.23. The monoisotopic (exact) mass is 335 g/mol. The number of nitrogens with zero attached hydrogens (tertiary/aromatic N) is 3. The third-order valence-electron chi connectivity index (χ3n) is 4.58. The average Bonchev–Trinajstić information content (AvgIpc) is 2.82. The van der Waals surface area contributed by atoms with Crippen LogP contribution in [0.15, 0.2) is 6.07 Å². The van der Waals surface area contributed by atoms with Crippen LogP contribution in [0, 0.1) is 25.7 Å². The van der Waals surface area contributed by atoms with Crippen molar-refractivity contribution in [1.29, 1.82) is 0 Å². The fraction of sp³-hybridized carbons (Fsp3) is 0.706. The lowest BCUT2D eigenvalue weighted by molar-refractivity contribution is -0.119. The minimum Gasteiger partial charge on any atom is -0.370 e. The van der Waals surface area contributed by atoms with Gasteiger partial charge in [0.05, 0.1) is 5.69 Å². The van der Waals surface area contributed by atoms with E-state index in [2.05, 4.69) is 23.4 Å². The standard InChI is InChI=1S/C17H29N5O2/c1-12(11-22-14(3)8-13(2)20-22)10-19-17(24)21-6-4-15(5-7-21)9-16(18)23/h8,12,15H,4-7,9-11H2,1-3H3,(H2,18,23)(H,19,24). The lowest BCUT2D eigenvalue weighted by atomic mass is 9.93. The summed E-state index contributed by atoms with van der Waals surface area (Å²) >= 11 is 0. The molecule has 1 aromatic rings. The molecule has 1 unspecified atom stereocenters. The first kappa shape index (κ1) is 18.3. The van der Waals surface area contributed by atoms with Crippen LogP contribution in [0.3, 0.4) is 0 Å². The van der Waals surface area contributed by atoms with Crippen LogP contribution in [0.5, 0.6) is 0 Å². The Bertz CT molecular complexity index is 576. The number of urea groups is 1. The fourth-order valence-electron chi connectivity index (χ4n) is 3.22. The van der Waals surface area contributed by atoms with E-state index in [1.165, 1.54) is 0 Å². The Morgan fingerprint density at radius 2 is 2.04 bits per heavy atom. The third-order valence-corrected chi connectivity index (χ3v) is 4.58. The van der Waals surface area contributed by atoms with E-state index in [0.29, 0.717) is 37.9 Å². The molecule has 0 radical (unpaired) electrons. The molecule has 7 heteroatoms. The molecule has 0 bridgehead atoms. The molecule has 1 aromatic heterocycles. The van der Waals surface area contributed by atoms with Gasteiger partial charge in [0.15, 0.2) is 0 Å². The molecule has 0 spiro atoms. The van der Waals surface area contributed by atoms with Crippen LogP contribution in [0.25, 0.3) is 0 Å². The van der Waals surface area contributed by atoms with Gasteiger partial charge in [-0.05, 0) is 44.6 Å². The van der Waals surface area contributed by atoms with Crippen molar-refractivity contribution in [1.82, 2.24) is 20.0 Å². The number of carbonyl (C=O) groups is 2. The molecule has 134 valence electrons. The molecule has 1 aliphatic heterocycles. The highest BCUT2D eigenvalue weighted by molar-refractivity contribution is 5.75. The lowest BCUT2D eigenvalue weighted by Crippen LogP contribution is -2.46. The van der Waals surface area contributed by atoms with Gasteiger partial charge in [0.1, 0.15) is 0 Å². The van der Waals surface area contributed by atoms with Crippen LogP contribution in [0.2, 0.25) is 0 Å². The Morgan fingerprint density at radius 3 is 2.58 bits per heavy atom. The normalized spacial score (nSPS) is 16.9. The Kier molecular flexibility index (Phi) is 6.23. The van der Waals surface area contributed by atoms with E-state index in [-0.39, 0.29) is 11.9 Å². The summed E-state index contributed by atoms with van der Waals surface area (Å²) in [5, 5.41) is 7.46. The molecule has 24 heavy (non-hydrogen) atoms. The van der Waals surface area contributed by atoms with Gasteiger partial charge in [0, 0.05) is 38.3 Å². The molecule has 1 fully saturated rings. The predicted molar refractivity (Wildman–Crippen MR) is 92.4 cm³/mol. The summed E-state index contributed by atoms with van der Waals surface area (Å²) in [5.41, 5.74) is 7.39. The molecular weight excluding hydrogens is 306 g/mol. The van der Waals surface area contributed by atoms with Gasteiger partial charge in [-0.25, -0.2) is 4.79 Å². The molecule has 2 heterocycles. The highest BCUT2D eigenvalue weighted by atomic mass is 16.2. The minimum absolute atomic E-state index is 0.0206. The van der Waals surface area contributed by atoms with E-state index in [1.54, 1.807) is 0 Å². The second kappa shape index (κ2) is 8.17. The van der Waals surface area contributed by atoms with Gasteiger partial charge in [-0.1, -0.05) is 6.92 Å². The summed E-state index contributed by atoms with van der Waals surface area (Å²) in [4.78, 5) is 25.0. The second-order valence-corrected chi connectivity index (χ2v) is 7.00. The van der Waals surface area contributed by atoms with Gasteiger partial charge < -0.3 is 16.0 Å². The number of carbonyl (C=O) groups excluding carboxylic acids is 2. The summed E-state index contributed by atoms with van der Waals surface area (Å²) in [5.74, 6) is 0.367. The highest BCUT2D eigenvalue weighted by Crippen LogP contribution is 2.20. The van der Waals surface area contributed by atoms with E-state index in [4.69, 9.17) is 5.73 Å². The topological polar surface area (TPSA) is 93.3 Å². The van der Waals surface area contributed by atoms with E-state index < -0.39 is 0 Å². The number of rotatable bonds is 6. The van der Waals surface area contributed by atoms with Crippen LogP contribution in [0.1, 0.15) is 37.6 Å². The summed E-state index contributed by atoms with van der Waals surface area (Å²) in [6.07, 6.45) is 2.12. The number of primary amides is 1. The largest absolute Gasteiger partial charge is 0.370 e. The third kappa shape index (κ3) is 5.25. The second-order valence-electron chi connectivity index (χ2n) is 7.00. The fourth-order valence-corrected chi connectivity index (χ4v) is 3.22. The molecule has 1 saturated heterocycles. The summed E-state index contributed by atoms with van der Waals surface area (Å²) in [7, 11) is 0. The van der Waals surface area contributed by atoms with E-state index >= 15 is 0 Å². The number of amides is 3. The number of aryl methyl sites for hydroxylation is 2. The number of nitrogens with one attached hydrogen (secondary N) is 1. The molecule has 3 amide bonds. The number of nitrogens with two attached hydrogens (primary N) is 1. The number of piperidine rings is 1. The predicted octanol–water partition coefficient (Wildman–Crippen LogP) is 1.43. The number of hydrogen-bond acceptors (Lipinski definition) is 3. The first-order valence-corrected chi connectivity index (χ1v) is 8.67. The quantitative estimate of drug-likeness (QED) is 0.823. The SMILES string of the molecule is Cc1cc(C)n(CC(C)CNC(=O)N2CCC(CC(N)=O)CC2)n1. The van der Waals surface area contributed by atoms with Gasteiger partial charge >= 0.3 is 6.03 Å². The van der Waals surface area contributed by atoms with Crippen molar-refractivity contribution in [2.45, 2.75) is 46.6 Å². The molecule has 1 atom stereocenters. The molecule has 2 rings (SSSR count). The van der Waals surface area contributed by atoms with Crippen LogP contribution in [-0.4, -0.2) is 46.3 Å². The number of hydrogen-bond donors (Lipinski definition) is 2. The molecule has 1 aliphatic rings. The van der Waals surface area contributed by atoms with Crippen molar-refractivity contribution in [2.75, 3.05) is 19.6 Å². The maximum absolute atomic E-state index is 12.3. The lowest BCUT2D eigenvalue weighted by Gasteiger charge is -2.31. The van der Waals surface area contributed by atoms with Crippen molar-refractivity contribution in [3.05, 3.63) is 17.5 Å². The molecule has 0 aromatic carbocycles. The van der Waals surface area contributed by atoms with Crippen molar-refractivity contribution < 1.29 is 9.59 Å². The van der Waals surface area contributed by atoms with Crippen LogP contribution < -0.4 is 11.1 Å². The Morgan fingerprint density at radius 1 is 1.38 bits per heavy atom. The van der Waals surface area contributed by atoms with Gasteiger partial charge in [0.2, 0.25) is 5.91 Å². The maximum Gasteiger partial charge on any atom is 0.317 e. The van der Waals surface area contributed by atoms with E-state index in [1.807, 2.05) is 23.4 Å². The zero-order valence-corrected chi connectivity index (χ0v) is 14.9. The van der Waals surface area contributed by atoms with E-state index in [0.717, 1.165) is 30.8 Å². The summed E-state index contributed by atoms with van der Waals surface area (Å²) < 4.78 is 1.99. The Hall–Kier alpha value is -2.05. The molecule has 7 nitrogen and oxygen atoms in total. The van der Waals surface area contributed by atoms with Crippen LogP contribution in [-0.2, 0) is 11.3 Å². The van der Waals surface area contributed by atoms with Crippen LogP contribution >= 0.6 is 0 Å². The van der Waals surface area contributed by atoms with Gasteiger partial charge in [-0.15, -0.1) is 0 Å². The molecule has 0 saturated carbocycles. The Balaban J connectivity index is 1.71. The van der Waals surface area contributed by atoms with Gasteiger partial charge in [0.25, 0.3) is 0 Å². The van der Waals surface area contributed by atoms with Crippen molar-refractivity contribution in [3.8, 4) is 0 Å². The maximum atomic E-state index is 12.3. The first-order valence-electron chi connectivity index (χ1n) is 8.67. The summed E-state index contributed by atoms with van der Waals surface area (Å²) in [6, 6.07) is 2.04.